The molecule has 5 unspecified atom stereocenters. The van der Waals surface area contributed by atoms with E-state index in [0.29, 0.717) is 12.8 Å². The number of aliphatic hydroxyl groups excluding tert-OH is 3. The van der Waals surface area contributed by atoms with E-state index in [0.717, 1.165) is 83.5 Å². The van der Waals surface area contributed by atoms with Crippen molar-refractivity contribution in [3.05, 3.63) is 134 Å². The maximum atomic E-state index is 12.2. The van der Waals surface area contributed by atoms with Crippen molar-refractivity contribution in [3.63, 3.8) is 0 Å². The largest absolute Gasteiger partial charge is 0.472 e. The fraction of sp³-hybridized carbons (Fsp3) is 0.564. The minimum absolute atomic E-state index is 0.0467. The number of aliphatic hydroxyl groups is 3. The molecule has 0 rings (SSSR count). The van der Waals surface area contributed by atoms with Crippen molar-refractivity contribution in [1.82, 2.24) is 0 Å². The van der Waals surface area contributed by atoms with Crippen molar-refractivity contribution < 1.29 is 71.4 Å². The highest BCUT2D eigenvalue weighted by Gasteiger charge is 2.28. The predicted molar refractivity (Wildman–Crippen MR) is 288 cm³/mol. The summed E-state index contributed by atoms with van der Waals surface area (Å²) in [6.45, 7) is 0.0865. The van der Waals surface area contributed by atoms with E-state index in [1.54, 1.807) is 12.2 Å². The quantitative estimate of drug-likeness (QED) is 0.0165. The van der Waals surface area contributed by atoms with E-state index in [1.165, 1.54) is 19.3 Å². The van der Waals surface area contributed by atoms with E-state index < -0.39 is 85.5 Å². The van der Waals surface area contributed by atoms with Crippen LogP contribution >= 0.6 is 15.6 Å². The molecule has 0 aromatic rings. The third kappa shape index (κ3) is 51.1. The Morgan fingerprint density at radius 3 is 1.06 bits per heavy atom. The van der Waals surface area contributed by atoms with Crippen LogP contribution in [0.3, 0.4) is 0 Å². The number of phosphoric ester groups is 2. The van der Waals surface area contributed by atoms with Crippen LogP contribution in [0.2, 0.25) is 0 Å². The summed E-state index contributed by atoms with van der Waals surface area (Å²) < 4.78 is 52.9. The van der Waals surface area contributed by atoms with E-state index in [1.807, 2.05) is 12.2 Å². The Morgan fingerprint density at radius 1 is 0.389 bits per heavy atom. The minimum Gasteiger partial charge on any atom is -0.463 e. The molecule has 15 nitrogen and oxygen atoms in total. The molecule has 0 bridgehead atoms. The second-order valence-electron chi connectivity index (χ2n) is 16.5. The average molecular weight is 1050 g/mol. The third-order valence-electron chi connectivity index (χ3n) is 9.62. The number of carbonyl (C=O) groups excluding carboxylic acids is 2. The number of rotatable bonds is 47. The molecule has 0 saturated carbocycles. The van der Waals surface area contributed by atoms with Gasteiger partial charge in [0.15, 0.2) is 0 Å². The Kier molecular flexibility index (Phi) is 46.8. The fourth-order valence-corrected chi connectivity index (χ4v) is 7.28. The third-order valence-corrected chi connectivity index (χ3v) is 11.5. The number of hydrogen-bond acceptors (Lipinski definition) is 13. The van der Waals surface area contributed by atoms with Crippen molar-refractivity contribution in [2.24, 2.45) is 0 Å². The van der Waals surface area contributed by atoms with Crippen LogP contribution in [-0.4, -0.2) is 95.0 Å². The van der Waals surface area contributed by atoms with Gasteiger partial charge in [-0.15, -0.1) is 0 Å². The van der Waals surface area contributed by atoms with Gasteiger partial charge in [0.05, 0.1) is 32.8 Å². The molecule has 0 spiro atoms. The van der Waals surface area contributed by atoms with Crippen LogP contribution in [0.5, 0.6) is 0 Å². The summed E-state index contributed by atoms with van der Waals surface area (Å²) >= 11 is 0. The standard InChI is InChI=1S/C55H88O15P2/c1-3-5-7-9-11-13-15-17-19-21-23-24-26-28-30-32-34-36-38-40-42-44-55(60)66-46-52(57)48-68-72(63,64)70-50-53(58)49-69-71(61,62)67-47-51(56)45-65-54(59)43-41-39-37-35-33-31-29-27-25-22-20-18-16-14-12-10-8-6-4-2/h5,7,11-14,17-20,23-25,27-28,30-31,33-34,36,40,42,51-53,56-58H,3-4,6,8-10,15-16,21-22,26,29,32,35,37-39,41,43-50H2,1-2H3,(H,61,62)(H,63,64)/b7-5-,13-11-,14-12-,19-17-,20-18-,24-23-,27-25-,30-28-,33-31-,36-34-,42-40-. The molecule has 0 radical (unpaired) electrons. The van der Waals surface area contributed by atoms with Crippen LogP contribution in [0.15, 0.2) is 134 Å². The summed E-state index contributed by atoms with van der Waals surface area (Å²) in [5, 5.41) is 30.1. The molecular formula is C55H88O15P2. The molecule has 0 saturated heterocycles. The summed E-state index contributed by atoms with van der Waals surface area (Å²) in [5.41, 5.74) is 0. The highest BCUT2D eigenvalue weighted by Crippen LogP contribution is 2.45. The van der Waals surface area contributed by atoms with Crippen molar-refractivity contribution >= 4 is 27.6 Å². The zero-order valence-electron chi connectivity index (χ0n) is 43.0. The molecule has 0 heterocycles. The van der Waals surface area contributed by atoms with Crippen LogP contribution in [-0.2, 0) is 46.3 Å². The van der Waals surface area contributed by atoms with E-state index in [4.69, 9.17) is 9.47 Å². The summed E-state index contributed by atoms with van der Waals surface area (Å²) in [6, 6.07) is 0. The minimum atomic E-state index is -4.82. The Balaban J connectivity index is 4.02. The molecule has 0 aromatic heterocycles. The van der Waals surface area contributed by atoms with Crippen molar-refractivity contribution in [3.8, 4) is 0 Å². The summed E-state index contributed by atoms with van der Waals surface area (Å²) in [7, 11) is -9.63. The molecule has 5 N–H and O–H groups in total. The van der Waals surface area contributed by atoms with Gasteiger partial charge in [-0.1, -0.05) is 167 Å². The first-order valence-corrected chi connectivity index (χ1v) is 28.5. The summed E-state index contributed by atoms with van der Waals surface area (Å²) in [6.07, 6.45) is 58.9. The van der Waals surface area contributed by atoms with Crippen LogP contribution in [0.1, 0.15) is 142 Å². The zero-order chi connectivity index (χ0) is 53.1. The van der Waals surface area contributed by atoms with Gasteiger partial charge in [-0.2, -0.15) is 0 Å². The van der Waals surface area contributed by atoms with Crippen molar-refractivity contribution in [2.75, 3.05) is 39.6 Å². The van der Waals surface area contributed by atoms with Gasteiger partial charge in [0.25, 0.3) is 0 Å². The summed E-state index contributed by atoms with van der Waals surface area (Å²) in [4.78, 5) is 43.8. The van der Waals surface area contributed by atoms with Crippen LogP contribution in [0.4, 0.5) is 0 Å². The van der Waals surface area contributed by atoms with E-state index >= 15 is 0 Å². The SMILES string of the molecule is CC/C=C\C/C=C\C/C=C\C/C=C\C/C=C\C/C=C\C/C=C\CC(=O)OCC(O)COP(=O)(O)OCC(O)COP(=O)(O)OCC(O)COC(=O)CCCCC/C=C\C/C=C\C/C=C\C/C=C\CCCCC. The van der Waals surface area contributed by atoms with Gasteiger partial charge in [-0.25, -0.2) is 9.13 Å². The van der Waals surface area contributed by atoms with Crippen molar-refractivity contribution in [2.45, 2.75) is 161 Å². The molecule has 72 heavy (non-hydrogen) atoms. The predicted octanol–water partition coefficient (Wildman–Crippen LogP) is 12.4. The van der Waals surface area contributed by atoms with Gasteiger partial charge in [0.1, 0.15) is 31.5 Å². The molecule has 408 valence electrons. The van der Waals surface area contributed by atoms with Crippen LogP contribution < -0.4 is 0 Å². The number of ether oxygens (including phenoxy) is 2. The van der Waals surface area contributed by atoms with Gasteiger partial charge in [0.2, 0.25) is 0 Å². The number of carbonyl (C=O) groups is 2. The molecule has 0 fully saturated rings. The Labute approximate surface area is 431 Å². The second-order valence-corrected chi connectivity index (χ2v) is 19.4. The number of hydrogen-bond donors (Lipinski definition) is 5. The molecule has 5 atom stereocenters. The molecule has 0 aromatic carbocycles. The lowest BCUT2D eigenvalue weighted by Crippen LogP contribution is -2.25. The fourth-order valence-electron chi connectivity index (χ4n) is 5.69. The van der Waals surface area contributed by atoms with E-state index in [2.05, 4.69) is 141 Å². The van der Waals surface area contributed by atoms with Crippen molar-refractivity contribution in [1.29, 1.82) is 0 Å². The van der Waals surface area contributed by atoms with Gasteiger partial charge in [-0.05, 0) is 96.3 Å². The van der Waals surface area contributed by atoms with Gasteiger partial charge in [0, 0.05) is 6.42 Å². The smallest absolute Gasteiger partial charge is 0.463 e. The first kappa shape index (κ1) is 68.2. The maximum Gasteiger partial charge on any atom is 0.472 e. The normalized spacial score (nSPS) is 15.9. The Bertz CT molecular complexity index is 1790. The number of esters is 2. The number of phosphoric acid groups is 2. The van der Waals surface area contributed by atoms with E-state index in [-0.39, 0.29) is 12.8 Å². The molecule has 17 heteroatoms. The van der Waals surface area contributed by atoms with E-state index in [9.17, 15) is 43.8 Å². The monoisotopic (exact) mass is 1050 g/mol. The topological polar surface area (TPSA) is 225 Å². The lowest BCUT2D eigenvalue weighted by molar-refractivity contribution is -0.147. The second kappa shape index (κ2) is 49.4. The highest BCUT2D eigenvalue weighted by molar-refractivity contribution is 7.47. The molecule has 0 aliphatic carbocycles. The molecule has 0 aliphatic heterocycles. The Morgan fingerprint density at radius 2 is 0.694 bits per heavy atom. The average Bonchev–Trinajstić information content (AvgIpc) is 3.36. The lowest BCUT2D eigenvalue weighted by Gasteiger charge is -2.19. The van der Waals surface area contributed by atoms with Gasteiger partial charge >= 0.3 is 27.6 Å². The van der Waals surface area contributed by atoms with Crippen LogP contribution in [0.25, 0.3) is 0 Å². The Hall–Kier alpha value is -3.82. The first-order chi connectivity index (χ1) is 34.8. The number of unbranched alkanes of at least 4 members (excludes halogenated alkanes) is 6. The highest BCUT2D eigenvalue weighted by atomic mass is 31.2. The van der Waals surface area contributed by atoms with Crippen LogP contribution in [0, 0.1) is 0 Å². The zero-order valence-corrected chi connectivity index (χ0v) is 44.8. The lowest BCUT2D eigenvalue weighted by atomic mass is 10.1. The molecule has 0 aliphatic rings. The number of allylic oxidation sites excluding steroid dienone is 21. The first-order valence-electron chi connectivity index (χ1n) is 25.5. The van der Waals surface area contributed by atoms with Gasteiger partial charge < -0.3 is 34.6 Å². The molecule has 0 amide bonds. The maximum absolute atomic E-state index is 12.2. The molecular weight excluding hydrogens is 963 g/mol. The summed E-state index contributed by atoms with van der Waals surface area (Å²) in [5.74, 6) is -1.16. The van der Waals surface area contributed by atoms with Gasteiger partial charge in [-0.3, -0.25) is 27.7 Å².